The van der Waals surface area contributed by atoms with Crippen LogP contribution in [-0.2, 0) is 10.2 Å². The van der Waals surface area contributed by atoms with Gasteiger partial charge >= 0.3 is 0 Å². The molecule has 120 valence electrons. The third-order valence-electron chi connectivity index (χ3n) is 3.94. The van der Waals surface area contributed by atoms with Crippen molar-refractivity contribution in [3.05, 3.63) is 0 Å². The van der Waals surface area contributed by atoms with Crippen molar-refractivity contribution in [2.45, 2.75) is 33.2 Å². The molecule has 1 fully saturated rings. The fourth-order valence-corrected chi connectivity index (χ4v) is 3.89. The van der Waals surface area contributed by atoms with Crippen LogP contribution in [0.3, 0.4) is 0 Å². The molecule has 0 aromatic rings. The molecule has 1 unspecified atom stereocenters. The lowest BCUT2D eigenvalue weighted by atomic mass is 10.1. The first-order valence-electron chi connectivity index (χ1n) is 7.44. The Morgan fingerprint density at radius 3 is 2.35 bits per heavy atom. The average Bonchev–Trinajstić information content (AvgIpc) is 2.63. The van der Waals surface area contributed by atoms with Gasteiger partial charge in [-0.3, -0.25) is 0 Å². The number of rotatable bonds is 6. The van der Waals surface area contributed by atoms with Crippen molar-refractivity contribution >= 4 is 10.2 Å². The lowest BCUT2D eigenvalue weighted by molar-refractivity contribution is 0.249. The molecule has 0 spiro atoms. The molecule has 1 atom stereocenters. The van der Waals surface area contributed by atoms with E-state index in [2.05, 4.69) is 11.8 Å². The van der Waals surface area contributed by atoms with Gasteiger partial charge in [-0.25, -0.2) is 0 Å². The lowest BCUT2D eigenvalue weighted by Gasteiger charge is -2.29. The largest absolute Gasteiger partial charge is 0.330 e. The number of nitrogens with zero attached hydrogens (tertiary/aromatic N) is 3. The Morgan fingerprint density at radius 2 is 1.80 bits per heavy atom. The predicted molar refractivity (Wildman–Crippen MR) is 82.7 cm³/mol. The molecule has 6 nitrogen and oxygen atoms in total. The fraction of sp³-hybridized carbons (Fsp3) is 1.00. The summed E-state index contributed by atoms with van der Waals surface area (Å²) in [5.41, 5.74) is 5.66. The van der Waals surface area contributed by atoms with Crippen LogP contribution in [-0.4, -0.2) is 74.3 Å². The van der Waals surface area contributed by atoms with Crippen molar-refractivity contribution in [3.8, 4) is 0 Å². The molecule has 20 heavy (non-hydrogen) atoms. The van der Waals surface area contributed by atoms with Gasteiger partial charge in [0.15, 0.2) is 0 Å². The Kier molecular flexibility index (Phi) is 6.87. The van der Waals surface area contributed by atoms with Crippen molar-refractivity contribution < 1.29 is 8.42 Å². The molecule has 0 bridgehead atoms. The first-order valence-corrected chi connectivity index (χ1v) is 8.84. The second-order valence-electron chi connectivity index (χ2n) is 6.01. The van der Waals surface area contributed by atoms with Crippen LogP contribution >= 0.6 is 0 Å². The molecule has 1 saturated heterocycles. The Balaban J connectivity index is 2.64. The van der Waals surface area contributed by atoms with Gasteiger partial charge in [-0.1, -0.05) is 6.92 Å². The third kappa shape index (κ3) is 4.66. The maximum atomic E-state index is 12.5. The van der Waals surface area contributed by atoms with E-state index in [-0.39, 0.29) is 6.04 Å². The van der Waals surface area contributed by atoms with Crippen molar-refractivity contribution in [2.24, 2.45) is 11.7 Å². The van der Waals surface area contributed by atoms with Gasteiger partial charge in [-0.2, -0.15) is 17.0 Å². The monoisotopic (exact) mass is 306 g/mol. The molecular formula is C13H30N4O2S. The predicted octanol–water partition coefficient (Wildman–Crippen LogP) is 0.174. The highest BCUT2D eigenvalue weighted by Gasteiger charge is 2.30. The van der Waals surface area contributed by atoms with Crippen LogP contribution in [0, 0.1) is 5.92 Å². The SMILES string of the molecule is CC(CN)CN1CCCN(S(=O)(=O)N(C)C(C)C)CC1. The van der Waals surface area contributed by atoms with E-state index in [1.165, 1.54) is 4.31 Å². The fourth-order valence-electron chi connectivity index (χ4n) is 2.32. The highest BCUT2D eigenvalue weighted by Crippen LogP contribution is 2.14. The number of nitrogens with two attached hydrogens (primary N) is 1. The summed E-state index contributed by atoms with van der Waals surface area (Å²) in [6, 6.07) is -0.0170. The Morgan fingerprint density at radius 1 is 1.15 bits per heavy atom. The van der Waals surface area contributed by atoms with Gasteiger partial charge < -0.3 is 10.6 Å². The van der Waals surface area contributed by atoms with E-state index in [4.69, 9.17) is 5.73 Å². The summed E-state index contributed by atoms with van der Waals surface area (Å²) in [4.78, 5) is 2.32. The summed E-state index contributed by atoms with van der Waals surface area (Å²) in [5.74, 6) is 0.455. The van der Waals surface area contributed by atoms with Crippen LogP contribution in [0.15, 0.2) is 0 Å². The minimum absolute atomic E-state index is 0.0170. The molecule has 1 aliphatic rings. The van der Waals surface area contributed by atoms with Crippen LogP contribution in [0.5, 0.6) is 0 Å². The quantitative estimate of drug-likeness (QED) is 0.760. The molecule has 0 saturated carbocycles. The van der Waals surface area contributed by atoms with Gasteiger partial charge in [0, 0.05) is 39.3 Å². The summed E-state index contributed by atoms with van der Waals surface area (Å²) >= 11 is 0. The van der Waals surface area contributed by atoms with E-state index in [0.29, 0.717) is 25.6 Å². The molecule has 0 aromatic heterocycles. The summed E-state index contributed by atoms with van der Waals surface area (Å²) in [7, 11) is -1.67. The molecule has 0 amide bonds. The smallest absolute Gasteiger partial charge is 0.282 e. The normalized spacial score (nSPS) is 21.4. The van der Waals surface area contributed by atoms with Crippen LogP contribution in [0.1, 0.15) is 27.2 Å². The number of hydrogen-bond donors (Lipinski definition) is 1. The van der Waals surface area contributed by atoms with Crippen LogP contribution < -0.4 is 5.73 Å². The standard InChI is InChI=1S/C13H30N4O2S/c1-12(2)15(4)20(18,19)17-7-5-6-16(8-9-17)11-13(3)10-14/h12-13H,5-11,14H2,1-4H3. The van der Waals surface area contributed by atoms with Gasteiger partial charge in [0.2, 0.25) is 0 Å². The van der Waals surface area contributed by atoms with Gasteiger partial charge in [-0.05, 0) is 39.3 Å². The zero-order chi connectivity index (χ0) is 15.3. The maximum absolute atomic E-state index is 12.5. The molecule has 7 heteroatoms. The first kappa shape index (κ1) is 17.8. The Hall–Kier alpha value is -0.210. The zero-order valence-electron chi connectivity index (χ0n) is 13.2. The Bertz CT molecular complexity index is 386. The number of hydrogen-bond acceptors (Lipinski definition) is 4. The maximum Gasteiger partial charge on any atom is 0.282 e. The van der Waals surface area contributed by atoms with Gasteiger partial charge in [-0.15, -0.1) is 0 Å². The van der Waals surface area contributed by atoms with Gasteiger partial charge in [0.05, 0.1) is 0 Å². The average molecular weight is 306 g/mol. The molecular weight excluding hydrogens is 276 g/mol. The summed E-state index contributed by atoms with van der Waals surface area (Å²) < 4.78 is 28.0. The van der Waals surface area contributed by atoms with Crippen LogP contribution in [0.4, 0.5) is 0 Å². The highest BCUT2D eigenvalue weighted by molar-refractivity contribution is 7.86. The van der Waals surface area contributed by atoms with E-state index >= 15 is 0 Å². The van der Waals surface area contributed by atoms with E-state index in [9.17, 15) is 8.42 Å². The van der Waals surface area contributed by atoms with Gasteiger partial charge in [0.25, 0.3) is 10.2 Å². The summed E-state index contributed by atoms with van der Waals surface area (Å²) in [6.07, 6.45) is 0.877. The van der Waals surface area contributed by atoms with E-state index in [1.807, 2.05) is 13.8 Å². The summed E-state index contributed by atoms with van der Waals surface area (Å²) in [6.45, 7) is 10.4. The van der Waals surface area contributed by atoms with Crippen LogP contribution in [0.2, 0.25) is 0 Å². The molecule has 1 rings (SSSR count). The lowest BCUT2D eigenvalue weighted by Crippen LogP contribution is -2.46. The zero-order valence-corrected chi connectivity index (χ0v) is 14.1. The molecule has 1 aliphatic heterocycles. The van der Waals surface area contributed by atoms with Crippen molar-refractivity contribution in [1.29, 1.82) is 0 Å². The molecule has 0 aliphatic carbocycles. The molecule has 0 radical (unpaired) electrons. The van der Waals surface area contributed by atoms with Crippen LogP contribution in [0.25, 0.3) is 0 Å². The summed E-state index contributed by atoms with van der Waals surface area (Å²) in [5, 5.41) is 0. The molecule has 1 heterocycles. The second-order valence-corrected chi connectivity index (χ2v) is 8.00. The first-order chi connectivity index (χ1) is 9.28. The molecule has 0 aromatic carbocycles. The Labute approximate surface area is 124 Å². The van der Waals surface area contributed by atoms with Crippen molar-refractivity contribution in [2.75, 3.05) is 46.3 Å². The minimum atomic E-state index is -3.33. The van der Waals surface area contributed by atoms with E-state index < -0.39 is 10.2 Å². The van der Waals surface area contributed by atoms with Crippen molar-refractivity contribution in [3.63, 3.8) is 0 Å². The molecule has 2 N–H and O–H groups in total. The third-order valence-corrected chi connectivity index (χ3v) is 6.10. The minimum Gasteiger partial charge on any atom is -0.330 e. The van der Waals surface area contributed by atoms with Gasteiger partial charge in [0.1, 0.15) is 0 Å². The second kappa shape index (κ2) is 7.70. The van der Waals surface area contributed by atoms with Crippen molar-refractivity contribution in [1.82, 2.24) is 13.5 Å². The highest BCUT2D eigenvalue weighted by atomic mass is 32.2. The van der Waals surface area contributed by atoms with E-state index in [0.717, 1.165) is 26.1 Å². The topological polar surface area (TPSA) is 69.9 Å². The van der Waals surface area contributed by atoms with E-state index in [1.54, 1.807) is 11.4 Å².